The van der Waals surface area contributed by atoms with Crippen molar-refractivity contribution in [1.82, 2.24) is 25.1 Å². The molecule has 3 heterocycles. The summed E-state index contributed by atoms with van der Waals surface area (Å²) in [7, 11) is 0. The smallest absolute Gasteiger partial charge is 0.303 e. The first kappa shape index (κ1) is 18.1. The van der Waals surface area contributed by atoms with Crippen LogP contribution in [0, 0.1) is 5.92 Å². The van der Waals surface area contributed by atoms with Crippen LogP contribution in [0.4, 0.5) is 5.82 Å². The third-order valence-electron chi connectivity index (χ3n) is 4.76. The number of aliphatic carboxylic acids is 1. The number of hydrogen-bond donors (Lipinski definition) is 2. The molecule has 0 unspecified atom stereocenters. The first-order chi connectivity index (χ1) is 12.3. The molecule has 0 aromatic carbocycles. The molecule has 1 fully saturated rings. The van der Waals surface area contributed by atoms with Crippen LogP contribution in [0.15, 0.2) is 18.5 Å². The maximum atomic E-state index is 12.5. The zero-order valence-electron chi connectivity index (χ0n) is 15.1. The van der Waals surface area contributed by atoms with Gasteiger partial charge in [0.15, 0.2) is 5.65 Å². The van der Waals surface area contributed by atoms with Gasteiger partial charge in [-0.25, -0.2) is 0 Å². The van der Waals surface area contributed by atoms with Crippen molar-refractivity contribution in [2.45, 2.75) is 45.1 Å². The SMILES string of the molecule is CC(C)(CCC(=O)O)NC(=O)C1CCN(c2ccc3nncn3n2)CC1. The Balaban J connectivity index is 1.54. The van der Waals surface area contributed by atoms with Gasteiger partial charge in [0.2, 0.25) is 5.91 Å². The van der Waals surface area contributed by atoms with E-state index in [0.29, 0.717) is 12.1 Å². The predicted molar refractivity (Wildman–Crippen MR) is 94.8 cm³/mol. The Labute approximate surface area is 151 Å². The molecule has 9 nitrogen and oxygen atoms in total. The van der Waals surface area contributed by atoms with Crippen LogP contribution >= 0.6 is 0 Å². The molecule has 1 saturated heterocycles. The van der Waals surface area contributed by atoms with Gasteiger partial charge in [-0.2, -0.15) is 4.52 Å². The molecule has 2 N–H and O–H groups in total. The Morgan fingerprint density at radius 1 is 1.31 bits per heavy atom. The van der Waals surface area contributed by atoms with E-state index in [1.165, 1.54) is 0 Å². The number of rotatable bonds is 6. The second kappa shape index (κ2) is 7.27. The van der Waals surface area contributed by atoms with Crippen molar-refractivity contribution in [1.29, 1.82) is 0 Å². The molecule has 0 spiro atoms. The molecule has 0 bridgehead atoms. The standard InChI is InChI=1S/C17H24N6O3/c1-17(2,8-5-15(24)25)19-16(26)12-6-9-22(10-7-12)14-4-3-13-20-18-11-23(13)21-14/h3-4,11-12H,5-10H2,1-2H3,(H,19,26)(H,24,25). The zero-order chi connectivity index (χ0) is 18.7. The summed E-state index contributed by atoms with van der Waals surface area (Å²) in [5.41, 5.74) is 0.180. The molecule has 1 aliphatic heterocycles. The highest BCUT2D eigenvalue weighted by molar-refractivity contribution is 5.79. The highest BCUT2D eigenvalue weighted by atomic mass is 16.4. The fourth-order valence-electron chi connectivity index (χ4n) is 3.18. The molecule has 0 atom stereocenters. The van der Waals surface area contributed by atoms with E-state index in [4.69, 9.17) is 5.11 Å². The molecular formula is C17H24N6O3. The largest absolute Gasteiger partial charge is 0.481 e. The Bertz CT molecular complexity index is 795. The lowest BCUT2D eigenvalue weighted by atomic mass is 9.92. The average molecular weight is 360 g/mol. The van der Waals surface area contributed by atoms with Crippen molar-refractivity contribution in [3.05, 3.63) is 18.5 Å². The Morgan fingerprint density at radius 2 is 2.04 bits per heavy atom. The minimum Gasteiger partial charge on any atom is -0.481 e. The molecule has 140 valence electrons. The lowest BCUT2D eigenvalue weighted by molar-refractivity contribution is -0.138. The van der Waals surface area contributed by atoms with Gasteiger partial charge in [0.25, 0.3) is 0 Å². The monoisotopic (exact) mass is 360 g/mol. The third kappa shape index (κ3) is 4.27. The Kier molecular flexibility index (Phi) is 5.06. The number of piperidine rings is 1. The Hall–Kier alpha value is -2.71. The number of carboxylic acid groups (broad SMARTS) is 1. The number of fused-ring (bicyclic) bond motifs is 1. The van der Waals surface area contributed by atoms with E-state index in [1.54, 1.807) is 10.8 Å². The minimum absolute atomic E-state index is 0.00209. The van der Waals surface area contributed by atoms with Crippen molar-refractivity contribution in [2.75, 3.05) is 18.0 Å². The first-order valence-electron chi connectivity index (χ1n) is 8.80. The Morgan fingerprint density at radius 3 is 2.73 bits per heavy atom. The number of amides is 1. The number of carbonyl (C=O) groups excluding carboxylic acids is 1. The van der Waals surface area contributed by atoms with Crippen LogP contribution in [-0.4, -0.2) is 55.4 Å². The van der Waals surface area contributed by atoms with E-state index in [2.05, 4.69) is 25.5 Å². The molecular weight excluding hydrogens is 336 g/mol. The second-order valence-electron chi connectivity index (χ2n) is 7.35. The highest BCUT2D eigenvalue weighted by Gasteiger charge is 2.29. The van der Waals surface area contributed by atoms with Crippen molar-refractivity contribution in [3.63, 3.8) is 0 Å². The van der Waals surface area contributed by atoms with Gasteiger partial charge < -0.3 is 15.3 Å². The van der Waals surface area contributed by atoms with E-state index in [9.17, 15) is 9.59 Å². The summed E-state index contributed by atoms with van der Waals surface area (Å²) in [5, 5.41) is 24.1. The normalized spacial score (nSPS) is 16.0. The van der Waals surface area contributed by atoms with Gasteiger partial charge in [0, 0.05) is 31.0 Å². The van der Waals surface area contributed by atoms with Crippen LogP contribution in [0.25, 0.3) is 5.65 Å². The molecule has 0 saturated carbocycles. The summed E-state index contributed by atoms with van der Waals surface area (Å²) in [6.45, 7) is 5.21. The number of carboxylic acids is 1. The number of nitrogens with zero attached hydrogens (tertiary/aromatic N) is 5. The predicted octanol–water partition coefficient (Wildman–Crippen LogP) is 1.10. The molecule has 0 aliphatic carbocycles. The molecule has 1 aliphatic rings. The van der Waals surface area contributed by atoms with Gasteiger partial charge in [0.05, 0.1) is 0 Å². The van der Waals surface area contributed by atoms with Crippen molar-refractivity contribution in [2.24, 2.45) is 5.92 Å². The van der Waals surface area contributed by atoms with Crippen LogP contribution in [0.5, 0.6) is 0 Å². The van der Waals surface area contributed by atoms with Crippen LogP contribution in [0.3, 0.4) is 0 Å². The van der Waals surface area contributed by atoms with Crippen LogP contribution < -0.4 is 10.2 Å². The second-order valence-corrected chi connectivity index (χ2v) is 7.35. The minimum atomic E-state index is -0.849. The van der Waals surface area contributed by atoms with Crippen LogP contribution in [0.2, 0.25) is 0 Å². The lowest BCUT2D eigenvalue weighted by Crippen LogP contribution is -2.48. The third-order valence-corrected chi connectivity index (χ3v) is 4.76. The summed E-state index contributed by atoms with van der Waals surface area (Å²) >= 11 is 0. The number of aromatic nitrogens is 4. The van der Waals surface area contributed by atoms with E-state index in [0.717, 1.165) is 31.7 Å². The van der Waals surface area contributed by atoms with E-state index < -0.39 is 11.5 Å². The van der Waals surface area contributed by atoms with Crippen LogP contribution in [0.1, 0.15) is 39.5 Å². The van der Waals surface area contributed by atoms with Crippen molar-refractivity contribution in [3.8, 4) is 0 Å². The highest BCUT2D eigenvalue weighted by Crippen LogP contribution is 2.23. The molecule has 3 rings (SSSR count). The molecule has 0 radical (unpaired) electrons. The molecule has 9 heteroatoms. The van der Waals surface area contributed by atoms with E-state index in [1.807, 2.05) is 26.0 Å². The van der Waals surface area contributed by atoms with Gasteiger partial charge in [0.1, 0.15) is 12.1 Å². The molecule has 2 aromatic heterocycles. The number of anilines is 1. The zero-order valence-corrected chi connectivity index (χ0v) is 15.1. The fraction of sp³-hybridized carbons (Fsp3) is 0.588. The summed E-state index contributed by atoms with van der Waals surface area (Å²) in [6, 6.07) is 3.79. The fourth-order valence-corrected chi connectivity index (χ4v) is 3.18. The van der Waals surface area contributed by atoms with Gasteiger partial charge in [-0.1, -0.05) is 0 Å². The summed E-state index contributed by atoms with van der Waals surface area (Å²) < 4.78 is 1.64. The maximum Gasteiger partial charge on any atom is 0.303 e. The first-order valence-corrected chi connectivity index (χ1v) is 8.80. The van der Waals surface area contributed by atoms with E-state index in [-0.39, 0.29) is 18.2 Å². The van der Waals surface area contributed by atoms with Crippen molar-refractivity contribution >= 4 is 23.3 Å². The lowest BCUT2D eigenvalue weighted by Gasteiger charge is -2.34. The number of carbonyl (C=O) groups is 2. The molecule has 1 amide bonds. The van der Waals surface area contributed by atoms with Gasteiger partial charge >= 0.3 is 5.97 Å². The van der Waals surface area contributed by atoms with E-state index >= 15 is 0 Å². The quantitative estimate of drug-likeness (QED) is 0.793. The number of hydrogen-bond acceptors (Lipinski definition) is 6. The molecule has 26 heavy (non-hydrogen) atoms. The average Bonchev–Trinajstić information content (AvgIpc) is 3.07. The summed E-state index contributed by atoms with van der Waals surface area (Å²) in [4.78, 5) is 25.4. The maximum absolute atomic E-state index is 12.5. The molecule has 2 aromatic rings. The van der Waals surface area contributed by atoms with Gasteiger partial charge in [-0.15, -0.1) is 15.3 Å². The number of nitrogens with one attached hydrogen (secondary N) is 1. The summed E-state index contributed by atoms with van der Waals surface area (Å²) in [6.07, 6.45) is 3.50. The van der Waals surface area contributed by atoms with Crippen molar-refractivity contribution < 1.29 is 14.7 Å². The van der Waals surface area contributed by atoms with Gasteiger partial charge in [-0.05, 0) is 45.2 Å². The van der Waals surface area contributed by atoms with Gasteiger partial charge in [-0.3, -0.25) is 9.59 Å². The summed E-state index contributed by atoms with van der Waals surface area (Å²) in [5.74, 6) is -0.0626. The van der Waals surface area contributed by atoms with Crippen LogP contribution in [-0.2, 0) is 9.59 Å². The topological polar surface area (TPSA) is 113 Å².